The van der Waals surface area contributed by atoms with Crippen molar-refractivity contribution in [2.24, 2.45) is 15.9 Å². The van der Waals surface area contributed by atoms with E-state index in [9.17, 15) is 0 Å². The highest BCUT2D eigenvalue weighted by Gasteiger charge is 1.89. The van der Waals surface area contributed by atoms with Crippen molar-refractivity contribution >= 4 is 32.5 Å². The first kappa shape index (κ1) is 9.92. The van der Waals surface area contributed by atoms with Gasteiger partial charge in [0.15, 0.2) is 0 Å². The Bertz CT molecular complexity index is 344. The molecule has 1 aromatic carbocycles. The van der Waals surface area contributed by atoms with Crippen molar-refractivity contribution in [1.29, 1.82) is 0 Å². The molecule has 0 spiro atoms. The molecule has 2 N–H and O–H groups in total. The average Bonchev–Trinajstić information content (AvgIpc) is 2.14. The van der Waals surface area contributed by atoms with E-state index in [-0.39, 0.29) is 0 Å². The first-order valence-corrected chi connectivity index (χ1v) is 4.56. The summed E-state index contributed by atoms with van der Waals surface area (Å²) in [6.45, 7) is 2.02. The molecule has 13 heavy (non-hydrogen) atoms. The highest BCUT2D eigenvalue weighted by molar-refractivity contribution is 9.19. The van der Waals surface area contributed by atoms with Gasteiger partial charge in [-0.15, -0.1) is 0 Å². The molecule has 4 heteroatoms. The minimum absolute atomic E-state index is 0.522. The third-order valence-corrected chi connectivity index (χ3v) is 1.85. The predicted octanol–water partition coefficient (Wildman–Crippen LogP) is 2.36. The van der Waals surface area contributed by atoms with Crippen molar-refractivity contribution in [3.63, 3.8) is 0 Å². The summed E-state index contributed by atoms with van der Waals surface area (Å²) in [6, 6.07) is 7.87. The van der Waals surface area contributed by atoms with Crippen LogP contribution < -0.4 is 5.84 Å². The fraction of sp³-hybridized carbons (Fsp3) is 0.111. The second kappa shape index (κ2) is 4.77. The van der Waals surface area contributed by atoms with Crippen LogP contribution in [0.3, 0.4) is 0 Å². The summed E-state index contributed by atoms with van der Waals surface area (Å²) in [6.07, 6.45) is 1.56. The fourth-order valence-electron chi connectivity index (χ4n) is 0.869. The van der Waals surface area contributed by atoms with Crippen molar-refractivity contribution in [3.8, 4) is 0 Å². The smallest absolute Gasteiger partial charge is 0.143 e. The maximum absolute atomic E-state index is 5.02. The minimum Gasteiger partial charge on any atom is -0.322 e. The average molecular weight is 240 g/mol. The van der Waals surface area contributed by atoms with Gasteiger partial charge in [0.25, 0.3) is 0 Å². The number of hydrazone groups is 1. The Labute approximate surface area is 85.5 Å². The Morgan fingerprint density at radius 3 is 2.92 bits per heavy atom. The summed E-state index contributed by atoms with van der Waals surface area (Å²) in [4.78, 5) is 4.16. The molecule has 0 heterocycles. The molecule has 0 radical (unpaired) electrons. The van der Waals surface area contributed by atoms with Crippen molar-refractivity contribution < 1.29 is 0 Å². The Balaban J connectivity index is 2.80. The van der Waals surface area contributed by atoms with E-state index in [0.29, 0.717) is 4.62 Å². The molecule has 0 saturated heterocycles. The molecule has 0 saturated carbocycles. The van der Waals surface area contributed by atoms with Gasteiger partial charge in [-0.2, -0.15) is 5.10 Å². The monoisotopic (exact) mass is 239 g/mol. The molecule has 0 aromatic heterocycles. The normalized spacial score (nSPS) is 12.3. The molecule has 0 aliphatic rings. The molecular formula is C9H10BrN3. The quantitative estimate of drug-likeness (QED) is 0.481. The van der Waals surface area contributed by atoms with Crippen LogP contribution in [0.5, 0.6) is 0 Å². The lowest BCUT2D eigenvalue weighted by molar-refractivity contribution is 1.27. The third-order valence-electron chi connectivity index (χ3n) is 1.45. The zero-order chi connectivity index (χ0) is 9.68. The van der Waals surface area contributed by atoms with Gasteiger partial charge in [0.05, 0.1) is 11.9 Å². The van der Waals surface area contributed by atoms with Crippen molar-refractivity contribution in [2.75, 3.05) is 0 Å². The van der Waals surface area contributed by atoms with Gasteiger partial charge in [-0.1, -0.05) is 12.1 Å². The molecule has 1 aromatic rings. The van der Waals surface area contributed by atoms with Crippen LogP contribution in [0.1, 0.15) is 5.56 Å². The minimum atomic E-state index is 0.522. The lowest BCUT2D eigenvalue weighted by atomic mass is 10.2. The van der Waals surface area contributed by atoms with Crippen LogP contribution in [0.15, 0.2) is 34.4 Å². The van der Waals surface area contributed by atoms with Gasteiger partial charge in [0.2, 0.25) is 0 Å². The van der Waals surface area contributed by atoms with E-state index in [1.807, 2.05) is 31.2 Å². The number of aryl methyl sites for hydroxylation is 1. The Hall–Kier alpha value is -1.16. The van der Waals surface area contributed by atoms with E-state index in [4.69, 9.17) is 5.84 Å². The molecule has 0 unspecified atom stereocenters. The topological polar surface area (TPSA) is 50.7 Å². The summed E-state index contributed by atoms with van der Waals surface area (Å²) in [5.74, 6) is 5.02. The van der Waals surface area contributed by atoms with Gasteiger partial charge in [-0.05, 0) is 40.5 Å². The van der Waals surface area contributed by atoms with E-state index in [0.717, 1.165) is 5.69 Å². The number of nitrogens with zero attached hydrogens (tertiary/aromatic N) is 2. The number of rotatable bonds is 2. The van der Waals surface area contributed by atoms with Crippen LogP contribution in [0.25, 0.3) is 0 Å². The van der Waals surface area contributed by atoms with E-state index in [2.05, 4.69) is 26.0 Å². The first-order chi connectivity index (χ1) is 6.22. The number of hydrogen-bond acceptors (Lipinski definition) is 3. The van der Waals surface area contributed by atoms with Crippen LogP contribution in [0, 0.1) is 6.92 Å². The van der Waals surface area contributed by atoms with Gasteiger partial charge >= 0.3 is 0 Å². The Morgan fingerprint density at radius 2 is 2.31 bits per heavy atom. The SMILES string of the molecule is Cc1cccc(N=C/C(Br)=N\N)c1. The fourth-order valence-corrected chi connectivity index (χ4v) is 0.972. The van der Waals surface area contributed by atoms with Crippen LogP contribution >= 0.6 is 15.9 Å². The second-order valence-corrected chi connectivity index (χ2v) is 3.36. The van der Waals surface area contributed by atoms with E-state index < -0.39 is 0 Å². The van der Waals surface area contributed by atoms with Crippen molar-refractivity contribution in [1.82, 2.24) is 0 Å². The number of aliphatic imine (C=N–C) groups is 1. The van der Waals surface area contributed by atoms with Crippen molar-refractivity contribution in [3.05, 3.63) is 29.8 Å². The van der Waals surface area contributed by atoms with Crippen LogP contribution in [0.4, 0.5) is 5.69 Å². The lowest BCUT2D eigenvalue weighted by Gasteiger charge is -1.94. The number of nitrogens with two attached hydrogens (primary N) is 1. The van der Waals surface area contributed by atoms with Gasteiger partial charge < -0.3 is 5.84 Å². The number of hydrogen-bond donors (Lipinski definition) is 1. The predicted molar refractivity (Wildman–Crippen MR) is 59.9 cm³/mol. The molecule has 0 bridgehead atoms. The summed E-state index contributed by atoms with van der Waals surface area (Å²) in [7, 11) is 0. The Kier molecular flexibility index (Phi) is 3.64. The maximum Gasteiger partial charge on any atom is 0.143 e. The van der Waals surface area contributed by atoms with E-state index in [1.54, 1.807) is 6.21 Å². The van der Waals surface area contributed by atoms with Gasteiger partial charge in [-0.25, -0.2) is 0 Å². The lowest BCUT2D eigenvalue weighted by Crippen LogP contribution is -1.92. The summed E-state index contributed by atoms with van der Waals surface area (Å²) >= 11 is 3.13. The summed E-state index contributed by atoms with van der Waals surface area (Å²) < 4.78 is 0.522. The summed E-state index contributed by atoms with van der Waals surface area (Å²) in [5, 5.41) is 3.41. The molecule has 0 atom stereocenters. The molecule has 0 fully saturated rings. The zero-order valence-electron chi connectivity index (χ0n) is 7.24. The molecular weight excluding hydrogens is 230 g/mol. The second-order valence-electron chi connectivity index (χ2n) is 2.55. The first-order valence-electron chi connectivity index (χ1n) is 3.76. The van der Waals surface area contributed by atoms with E-state index >= 15 is 0 Å². The molecule has 68 valence electrons. The van der Waals surface area contributed by atoms with Gasteiger partial charge in [0, 0.05) is 0 Å². The maximum atomic E-state index is 5.02. The van der Waals surface area contributed by atoms with Crippen LogP contribution in [0.2, 0.25) is 0 Å². The standard InChI is InChI=1S/C9H10BrN3/c1-7-3-2-4-8(5-7)12-6-9(10)13-11/h2-6H,11H2,1H3/b12-6?,13-9+. The molecule has 0 amide bonds. The van der Waals surface area contributed by atoms with E-state index in [1.165, 1.54) is 5.56 Å². The number of benzene rings is 1. The van der Waals surface area contributed by atoms with Crippen LogP contribution in [-0.2, 0) is 0 Å². The van der Waals surface area contributed by atoms with Gasteiger partial charge in [0.1, 0.15) is 4.62 Å². The van der Waals surface area contributed by atoms with Crippen molar-refractivity contribution in [2.45, 2.75) is 6.92 Å². The molecule has 3 nitrogen and oxygen atoms in total. The highest BCUT2D eigenvalue weighted by atomic mass is 79.9. The molecule has 0 aliphatic carbocycles. The summed E-state index contributed by atoms with van der Waals surface area (Å²) in [5.41, 5.74) is 2.07. The molecule has 1 rings (SSSR count). The van der Waals surface area contributed by atoms with Crippen LogP contribution in [-0.4, -0.2) is 10.8 Å². The third kappa shape index (κ3) is 3.38. The number of halogens is 1. The molecule has 0 aliphatic heterocycles. The largest absolute Gasteiger partial charge is 0.322 e. The highest BCUT2D eigenvalue weighted by Crippen LogP contribution is 2.12. The van der Waals surface area contributed by atoms with Gasteiger partial charge in [-0.3, -0.25) is 4.99 Å². The zero-order valence-corrected chi connectivity index (χ0v) is 8.82. The Morgan fingerprint density at radius 1 is 1.54 bits per heavy atom.